The summed E-state index contributed by atoms with van der Waals surface area (Å²) in [5, 5.41) is 19.1. The number of ether oxygens (including phenoxy) is 1. The van der Waals surface area contributed by atoms with Gasteiger partial charge in [0.05, 0.1) is 18.8 Å². The van der Waals surface area contributed by atoms with Crippen molar-refractivity contribution in [1.82, 2.24) is 15.2 Å². The fourth-order valence-corrected chi connectivity index (χ4v) is 4.85. The van der Waals surface area contributed by atoms with Crippen molar-refractivity contribution in [2.75, 3.05) is 48.4 Å². The summed E-state index contributed by atoms with van der Waals surface area (Å²) in [7, 11) is 0. The molecule has 10 nitrogen and oxygen atoms in total. The minimum absolute atomic E-state index is 0.0405. The third kappa shape index (κ3) is 4.71. The van der Waals surface area contributed by atoms with Gasteiger partial charge >= 0.3 is 0 Å². The lowest BCUT2D eigenvalue weighted by Gasteiger charge is -2.34. The number of hydrogen-bond acceptors (Lipinski definition) is 8. The second kappa shape index (κ2) is 10.1. The van der Waals surface area contributed by atoms with Gasteiger partial charge in [-0.25, -0.2) is 9.37 Å². The molecule has 2 atom stereocenters. The number of anilines is 4. The molecule has 1 aromatic carbocycles. The van der Waals surface area contributed by atoms with Crippen molar-refractivity contribution in [3.8, 4) is 0 Å². The number of benzene rings is 1. The molecule has 2 fully saturated rings. The van der Waals surface area contributed by atoms with Crippen LogP contribution in [0.5, 0.6) is 0 Å². The number of aliphatic hydroxyl groups excluding tert-OH is 1. The van der Waals surface area contributed by atoms with Gasteiger partial charge < -0.3 is 35.6 Å². The summed E-state index contributed by atoms with van der Waals surface area (Å²) in [5.74, 6) is -0.831. The standard InChI is InChI=1S/C25H29FN6O4/c1-2-19(33)31-9-3-4-16(13-31)29-24-22(26)18-12-27-25(35)21(18)23(30-24)28-15-5-7-17(8-6-15)32-10-11-36-14-20(32)34/h2,5-8,16,20,34H,1,3-4,9-14H2,(H,27,35)(H2,28,29,30). The van der Waals surface area contributed by atoms with Gasteiger partial charge in [-0.05, 0) is 43.2 Å². The summed E-state index contributed by atoms with van der Waals surface area (Å²) in [6.45, 7) is 6.02. The Bertz CT molecular complexity index is 1170. The van der Waals surface area contributed by atoms with Gasteiger partial charge in [0.2, 0.25) is 5.91 Å². The number of pyridine rings is 1. The maximum atomic E-state index is 15.4. The molecule has 2 amide bonds. The number of carbonyl (C=O) groups excluding carboxylic acids is 2. The number of hydrogen-bond donors (Lipinski definition) is 4. The maximum absolute atomic E-state index is 15.4. The van der Waals surface area contributed by atoms with E-state index in [4.69, 9.17) is 4.74 Å². The first-order valence-electron chi connectivity index (χ1n) is 12.0. The molecule has 0 radical (unpaired) electrons. The number of amides is 2. The van der Waals surface area contributed by atoms with Crippen LogP contribution in [0, 0.1) is 5.82 Å². The Hall–Kier alpha value is -3.70. The summed E-state index contributed by atoms with van der Waals surface area (Å²) in [4.78, 5) is 32.5. The lowest BCUT2D eigenvalue weighted by atomic mass is 10.0. The van der Waals surface area contributed by atoms with Crippen molar-refractivity contribution in [1.29, 1.82) is 0 Å². The van der Waals surface area contributed by atoms with Crippen molar-refractivity contribution in [3.63, 3.8) is 0 Å². The number of halogens is 1. The molecule has 0 saturated carbocycles. The Balaban J connectivity index is 1.38. The number of morpholine rings is 1. The highest BCUT2D eigenvalue weighted by Crippen LogP contribution is 2.33. The van der Waals surface area contributed by atoms with E-state index in [-0.39, 0.29) is 53.8 Å². The SMILES string of the molecule is C=CC(=O)N1CCCC(Nc2nc(Nc3ccc(N4CCOCC4O)cc3)c3c(c2F)CNC3=O)C1. The van der Waals surface area contributed by atoms with Crippen LogP contribution in [0.4, 0.5) is 27.4 Å². The van der Waals surface area contributed by atoms with Gasteiger partial charge in [-0.2, -0.15) is 0 Å². The first-order chi connectivity index (χ1) is 17.4. The van der Waals surface area contributed by atoms with Crippen LogP contribution in [0.15, 0.2) is 36.9 Å². The fourth-order valence-electron chi connectivity index (χ4n) is 4.85. The summed E-state index contributed by atoms with van der Waals surface area (Å²) in [6, 6.07) is 7.16. The Morgan fingerprint density at radius 3 is 2.83 bits per heavy atom. The highest BCUT2D eigenvalue weighted by molar-refractivity contribution is 6.03. The number of carbonyl (C=O) groups is 2. The minimum atomic E-state index is -0.714. The van der Waals surface area contributed by atoms with Crippen LogP contribution in [-0.4, -0.2) is 71.9 Å². The van der Waals surface area contributed by atoms with Gasteiger partial charge in [0.25, 0.3) is 5.91 Å². The number of likely N-dealkylation sites (tertiary alicyclic amines) is 1. The lowest BCUT2D eigenvalue weighted by Crippen LogP contribution is -2.45. The van der Waals surface area contributed by atoms with Crippen molar-refractivity contribution in [2.45, 2.75) is 31.7 Å². The van der Waals surface area contributed by atoms with E-state index in [1.165, 1.54) is 6.08 Å². The molecule has 190 valence electrons. The van der Waals surface area contributed by atoms with E-state index < -0.39 is 12.0 Å². The van der Waals surface area contributed by atoms with Crippen molar-refractivity contribution in [3.05, 3.63) is 53.9 Å². The number of aliphatic hydroxyl groups is 1. The molecule has 11 heteroatoms. The zero-order valence-electron chi connectivity index (χ0n) is 19.8. The van der Waals surface area contributed by atoms with Gasteiger partial charge in [-0.1, -0.05) is 6.58 Å². The summed E-state index contributed by atoms with van der Waals surface area (Å²) in [5.41, 5.74) is 1.93. The quantitative estimate of drug-likeness (QED) is 0.448. The molecule has 2 unspecified atom stereocenters. The number of nitrogens with one attached hydrogen (secondary N) is 3. The second-order valence-corrected chi connectivity index (χ2v) is 9.05. The first-order valence-corrected chi connectivity index (χ1v) is 12.0. The smallest absolute Gasteiger partial charge is 0.255 e. The average molecular weight is 497 g/mol. The molecule has 0 bridgehead atoms. The Morgan fingerprint density at radius 2 is 2.08 bits per heavy atom. The third-order valence-corrected chi connectivity index (χ3v) is 6.70. The molecule has 1 aromatic heterocycles. The highest BCUT2D eigenvalue weighted by Gasteiger charge is 2.31. The zero-order valence-corrected chi connectivity index (χ0v) is 19.8. The topological polar surface area (TPSA) is 119 Å². The largest absolute Gasteiger partial charge is 0.375 e. The summed E-state index contributed by atoms with van der Waals surface area (Å²) in [6.07, 6.45) is 2.10. The van der Waals surface area contributed by atoms with E-state index in [2.05, 4.69) is 27.5 Å². The van der Waals surface area contributed by atoms with Gasteiger partial charge in [-0.3, -0.25) is 9.59 Å². The van der Waals surface area contributed by atoms with E-state index in [0.29, 0.717) is 31.9 Å². The number of rotatable bonds is 6. The fraction of sp³-hybridized carbons (Fsp3) is 0.400. The molecule has 0 spiro atoms. The molecule has 3 aliphatic rings. The predicted octanol–water partition coefficient (Wildman–Crippen LogP) is 1.95. The van der Waals surface area contributed by atoms with E-state index in [9.17, 15) is 14.7 Å². The maximum Gasteiger partial charge on any atom is 0.255 e. The molecule has 4 heterocycles. The predicted molar refractivity (Wildman–Crippen MR) is 133 cm³/mol. The Morgan fingerprint density at radius 1 is 1.28 bits per heavy atom. The van der Waals surface area contributed by atoms with Crippen LogP contribution < -0.4 is 20.9 Å². The summed E-state index contributed by atoms with van der Waals surface area (Å²) < 4.78 is 20.6. The minimum Gasteiger partial charge on any atom is -0.375 e. The van der Waals surface area contributed by atoms with Gasteiger partial charge in [-0.15, -0.1) is 0 Å². The molecule has 3 aliphatic heterocycles. The molecule has 4 N–H and O–H groups in total. The molecule has 2 saturated heterocycles. The lowest BCUT2D eigenvalue weighted by molar-refractivity contribution is -0.127. The average Bonchev–Trinajstić information content (AvgIpc) is 3.29. The van der Waals surface area contributed by atoms with Crippen LogP contribution in [0.2, 0.25) is 0 Å². The second-order valence-electron chi connectivity index (χ2n) is 9.05. The van der Waals surface area contributed by atoms with Crippen molar-refractivity contribution in [2.24, 2.45) is 0 Å². The number of aromatic nitrogens is 1. The van der Waals surface area contributed by atoms with Crippen LogP contribution in [-0.2, 0) is 16.1 Å². The molecular weight excluding hydrogens is 467 g/mol. The van der Waals surface area contributed by atoms with Crippen LogP contribution in [0.3, 0.4) is 0 Å². The van der Waals surface area contributed by atoms with Crippen LogP contribution in [0.1, 0.15) is 28.8 Å². The molecule has 5 rings (SSSR count). The van der Waals surface area contributed by atoms with Gasteiger partial charge in [0.1, 0.15) is 5.82 Å². The number of fused-ring (bicyclic) bond motifs is 1. The summed E-state index contributed by atoms with van der Waals surface area (Å²) >= 11 is 0. The van der Waals surface area contributed by atoms with Crippen molar-refractivity contribution >= 4 is 34.8 Å². The zero-order chi connectivity index (χ0) is 25.2. The van der Waals surface area contributed by atoms with Crippen LogP contribution in [0.25, 0.3) is 0 Å². The molecule has 0 aliphatic carbocycles. The molecule has 36 heavy (non-hydrogen) atoms. The van der Waals surface area contributed by atoms with E-state index >= 15 is 4.39 Å². The normalized spacial score (nSPS) is 21.6. The monoisotopic (exact) mass is 496 g/mol. The number of nitrogens with zero attached hydrogens (tertiary/aromatic N) is 3. The van der Waals surface area contributed by atoms with Crippen LogP contribution >= 0.6 is 0 Å². The van der Waals surface area contributed by atoms with E-state index in [1.807, 2.05) is 29.2 Å². The molecule has 2 aromatic rings. The van der Waals surface area contributed by atoms with E-state index in [0.717, 1.165) is 18.5 Å². The third-order valence-electron chi connectivity index (χ3n) is 6.70. The Labute approximate surface area is 208 Å². The highest BCUT2D eigenvalue weighted by atomic mass is 19.1. The number of piperidine rings is 1. The van der Waals surface area contributed by atoms with Gasteiger partial charge in [0, 0.05) is 49.2 Å². The molecular formula is C25H29FN6O4. The first kappa shape index (κ1) is 24.0. The Kier molecular flexibility index (Phi) is 6.75. The van der Waals surface area contributed by atoms with Crippen molar-refractivity contribution < 1.29 is 23.8 Å². The van der Waals surface area contributed by atoms with E-state index in [1.54, 1.807) is 4.90 Å². The van der Waals surface area contributed by atoms with Gasteiger partial charge in [0.15, 0.2) is 17.9 Å².